The van der Waals surface area contributed by atoms with Crippen molar-refractivity contribution in [3.8, 4) is 11.5 Å². The zero-order valence-corrected chi connectivity index (χ0v) is 11.6. The van der Waals surface area contributed by atoms with Crippen LogP contribution in [0.2, 0.25) is 0 Å². The van der Waals surface area contributed by atoms with E-state index in [9.17, 15) is 5.11 Å². The van der Waals surface area contributed by atoms with E-state index in [0.29, 0.717) is 17.9 Å². The molecule has 0 aliphatic heterocycles. The maximum Gasteiger partial charge on any atom is 0.166 e. The van der Waals surface area contributed by atoms with Gasteiger partial charge in [-0.2, -0.15) is 5.10 Å². The molecule has 0 radical (unpaired) electrons. The van der Waals surface area contributed by atoms with Gasteiger partial charge in [0.15, 0.2) is 11.5 Å². The normalized spacial score (nSPS) is 11.3. The third-order valence-electron chi connectivity index (χ3n) is 3.09. The van der Waals surface area contributed by atoms with Crippen molar-refractivity contribution in [3.63, 3.8) is 0 Å². The number of benzene rings is 2. The molecule has 5 heteroatoms. The van der Waals surface area contributed by atoms with Crippen LogP contribution in [-0.4, -0.2) is 27.6 Å². The second-order valence-electron chi connectivity index (χ2n) is 4.45. The Hall–Kier alpha value is -2.82. The number of phenols is 1. The van der Waals surface area contributed by atoms with E-state index in [-0.39, 0.29) is 5.75 Å². The van der Waals surface area contributed by atoms with Gasteiger partial charge in [0.2, 0.25) is 0 Å². The van der Waals surface area contributed by atoms with Crippen LogP contribution >= 0.6 is 0 Å². The van der Waals surface area contributed by atoms with Gasteiger partial charge in [-0.15, -0.1) is 0 Å². The monoisotopic (exact) mass is 281 g/mol. The summed E-state index contributed by atoms with van der Waals surface area (Å²) in [6.45, 7) is 2.37. The highest BCUT2D eigenvalue weighted by Crippen LogP contribution is 2.28. The van der Waals surface area contributed by atoms with Crippen molar-refractivity contribution in [2.45, 2.75) is 6.92 Å². The van der Waals surface area contributed by atoms with Gasteiger partial charge in [0.25, 0.3) is 0 Å². The van der Waals surface area contributed by atoms with Gasteiger partial charge in [-0.1, -0.05) is 18.2 Å². The molecule has 0 amide bonds. The lowest BCUT2D eigenvalue weighted by molar-refractivity contribution is 0.318. The smallest absolute Gasteiger partial charge is 0.166 e. The molecule has 0 unspecified atom stereocenters. The molecule has 3 rings (SSSR count). The molecular weight excluding hydrogens is 266 g/mol. The Labute approximate surface area is 122 Å². The van der Waals surface area contributed by atoms with Crippen molar-refractivity contribution < 1.29 is 9.84 Å². The second-order valence-corrected chi connectivity index (χ2v) is 4.45. The number of hydrogen-bond acceptors (Lipinski definition) is 4. The van der Waals surface area contributed by atoms with Gasteiger partial charge >= 0.3 is 0 Å². The van der Waals surface area contributed by atoms with Gasteiger partial charge in [0, 0.05) is 5.56 Å². The van der Waals surface area contributed by atoms with Crippen LogP contribution in [0.25, 0.3) is 11.0 Å². The van der Waals surface area contributed by atoms with Crippen molar-refractivity contribution in [2.75, 3.05) is 6.61 Å². The van der Waals surface area contributed by atoms with E-state index in [1.54, 1.807) is 29.4 Å². The van der Waals surface area contributed by atoms with Crippen molar-refractivity contribution in [1.82, 2.24) is 9.66 Å². The summed E-state index contributed by atoms with van der Waals surface area (Å²) in [6.07, 6.45) is 3.23. The minimum atomic E-state index is 0.0903. The quantitative estimate of drug-likeness (QED) is 0.748. The standard InChI is InChI=1S/C16H15N3O2/c1-2-21-15-9-5-6-12(16(15)20)10-18-19-11-17-13-7-3-4-8-14(13)19/h3-11,20H,2H2,1H3/b18-10+. The lowest BCUT2D eigenvalue weighted by Crippen LogP contribution is -1.94. The van der Waals surface area contributed by atoms with E-state index < -0.39 is 0 Å². The summed E-state index contributed by atoms with van der Waals surface area (Å²) in [5, 5.41) is 14.5. The lowest BCUT2D eigenvalue weighted by atomic mass is 10.2. The minimum absolute atomic E-state index is 0.0903. The summed E-state index contributed by atoms with van der Waals surface area (Å²) in [4.78, 5) is 4.26. The Bertz CT molecular complexity index is 793. The number of imidazole rings is 1. The molecule has 3 aromatic rings. The predicted octanol–water partition coefficient (Wildman–Crippen LogP) is 3.02. The van der Waals surface area contributed by atoms with Gasteiger partial charge in [-0.05, 0) is 31.2 Å². The fraction of sp³-hybridized carbons (Fsp3) is 0.125. The van der Waals surface area contributed by atoms with Gasteiger partial charge < -0.3 is 9.84 Å². The molecule has 0 aliphatic rings. The lowest BCUT2D eigenvalue weighted by Gasteiger charge is -2.07. The predicted molar refractivity (Wildman–Crippen MR) is 82.0 cm³/mol. The third-order valence-corrected chi connectivity index (χ3v) is 3.09. The molecule has 0 bridgehead atoms. The molecule has 0 fully saturated rings. The van der Waals surface area contributed by atoms with Crippen LogP contribution in [0.15, 0.2) is 53.9 Å². The number of ether oxygens (including phenoxy) is 1. The average Bonchev–Trinajstić information content (AvgIpc) is 2.92. The van der Waals surface area contributed by atoms with E-state index in [2.05, 4.69) is 10.1 Å². The first-order valence-corrected chi connectivity index (χ1v) is 6.71. The fourth-order valence-corrected chi connectivity index (χ4v) is 2.08. The maximum absolute atomic E-state index is 10.1. The third kappa shape index (κ3) is 2.58. The summed E-state index contributed by atoms with van der Waals surface area (Å²) in [5.74, 6) is 0.546. The van der Waals surface area contributed by atoms with Crippen LogP contribution in [0.3, 0.4) is 0 Å². The number of phenolic OH excluding ortho intramolecular Hbond substituents is 1. The maximum atomic E-state index is 10.1. The van der Waals surface area contributed by atoms with Crippen LogP contribution in [-0.2, 0) is 0 Å². The van der Waals surface area contributed by atoms with Crippen LogP contribution in [0, 0.1) is 0 Å². The number of nitrogens with zero attached hydrogens (tertiary/aromatic N) is 3. The topological polar surface area (TPSA) is 59.6 Å². The summed E-state index contributed by atoms with van der Waals surface area (Å²) < 4.78 is 7.02. The molecule has 2 aromatic carbocycles. The number of para-hydroxylation sites is 3. The largest absolute Gasteiger partial charge is 0.504 e. The molecule has 1 N–H and O–H groups in total. The van der Waals surface area contributed by atoms with E-state index in [0.717, 1.165) is 11.0 Å². The van der Waals surface area contributed by atoms with Gasteiger partial charge in [0.1, 0.15) is 6.33 Å². The number of hydrogen-bond donors (Lipinski definition) is 1. The van der Waals surface area contributed by atoms with Crippen LogP contribution in [0.5, 0.6) is 11.5 Å². The first kappa shape index (κ1) is 13.2. The Morgan fingerprint density at radius 1 is 1.24 bits per heavy atom. The Balaban J connectivity index is 1.94. The van der Waals surface area contributed by atoms with E-state index in [1.807, 2.05) is 37.3 Å². The SMILES string of the molecule is CCOc1cccc(/C=N/n2cnc3ccccc32)c1O. The highest BCUT2D eigenvalue weighted by atomic mass is 16.5. The van der Waals surface area contributed by atoms with Crippen LogP contribution in [0.4, 0.5) is 0 Å². The number of rotatable bonds is 4. The summed E-state index contributed by atoms with van der Waals surface area (Å²) in [7, 11) is 0. The first-order valence-electron chi connectivity index (χ1n) is 6.71. The number of fused-ring (bicyclic) bond motifs is 1. The van der Waals surface area contributed by atoms with Gasteiger partial charge in [0.05, 0.1) is 23.9 Å². The van der Waals surface area contributed by atoms with Crippen molar-refractivity contribution in [1.29, 1.82) is 0 Å². The average molecular weight is 281 g/mol. The Kier molecular flexibility index (Phi) is 3.55. The van der Waals surface area contributed by atoms with E-state index >= 15 is 0 Å². The molecule has 0 spiro atoms. The summed E-state index contributed by atoms with van der Waals surface area (Å²) in [5.41, 5.74) is 2.38. The number of aromatic hydroxyl groups is 1. The first-order chi connectivity index (χ1) is 10.3. The van der Waals surface area contributed by atoms with Crippen LogP contribution in [0.1, 0.15) is 12.5 Å². The molecule has 5 nitrogen and oxygen atoms in total. The van der Waals surface area contributed by atoms with E-state index in [1.165, 1.54) is 0 Å². The van der Waals surface area contributed by atoms with E-state index in [4.69, 9.17) is 4.74 Å². The highest BCUT2D eigenvalue weighted by Gasteiger charge is 2.06. The molecule has 1 aromatic heterocycles. The summed E-state index contributed by atoms with van der Waals surface area (Å²) >= 11 is 0. The Morgan fingerprint density at radius 2 is 2.10 bits per heavy atom. The molecule has 0 atom stereocenters. The molecule has 0 aliphatic carbocycles. The molecule has 0 saturated heterocycles. The Morgan fingerprint density at radius 3 is 2.95 bits per heavy atom. The zero-order chi connectivity index (χ0) is 14.7. The molecule has 1 heterocycles. The van der Waals surface area contributed by atoms with Crippen molar-refractivity contribution in [3.05, 3.63) is 54.4 Å². The minimum Gasteiger partial charge on any atom is -0.504 e. The number of aromatic nitrogens is 2. The molecular formula is C16H15N3O2. The molecule has 106 valence electrons. The zero-order valence-electron chi connectivity index (χ0n) is 11.6. The molecule has 21 heavy (non-hydrogen) atoms. The second kappa shape index (κ2) is 5.66. The van der Waals surface area contributed by atoms with Crippen molar-refractivity contribution in [2.24, 2.45) is 5.10 Å². The highest BCUT2D eigenvalue weighted by molar-refractivity contribution is 5.85. The molecule has 0 saturated carbocycles. The van der Waals surface area contributed by atoms with Gasteiger partial charge in [-0.25, -0.2) is 9.66 Å². The fourth-order valence-electron chi connectivity index (χ4n) is 2.08. The van der Waals surface area contributed by atoms with Crippen molar-refractivity contribution >= 4 is 17.2 Å². The van der Waals surface area contributed by atoms with Gasteiger partial charge in [-0.3, -0.25) is 0 Å². The van der Waals surface area contributed by atoms with Crippen LogP contribution < -0.4 is 4.74 Å². The summed E-state index contributed by atoms with van der Waals surface area (Å²) in [6, 6.07) is 13.1.